The van der Waals surface area contributed by atoms with Crippen molar-refractivity contribution in [2.45, 2.75) is 51.2 Å². The maximum Gasteiger partial charge on any atom is 0.244 e. The quantitative estimate of drug-likeness (QED) is 0.456. The number of aromatic nitrogens is 1. The highest BCUT2D eigenvalue weighted by Gasteiger charge is 2.30. The van der Waals surface area contributed by atoms with Gasteiger partial charge in [-0.1, -0.05) is 31.4 Å². The molecule has 1 aromatic heterocycles. The second-order valence-corrected chi connectivity index (χ2v) is 8.20. The zero-order valence-electron chi connectivity index (χ0n) is 17.0. The van der Waals surface area contributed by atoms with Gasteiger partial charge in [-0.15, -0.1) is 0 Å². The van der Waals surface area contributed by atoms with Crippen LogP contribution in [-0.4, -0.2) is 17.6 Å². The molecule has 0 atom stereocenters. The Morgan fingerprint density at radius 2 is 1.97 bits per heavy atom. The molecular formula is C24H25FN2O3. The third-order valence-electron chi connectivity index (χ3n) is 6.34. The first-order valence-corrected chi connectivity index (χ1v) is 10.6. The zero-order valence-corrected chi connectivity index (χ0v) is 17.0. The number of nitrogens with zero attached hydrogens (tertiary/aromatic N) is 1. The van der Waals surface area contributed by atoms with E-state index in [2.05, 4.69) is 22.0 Å². The molecule has 156 valence electrons. The van der Waals surface area contributed by atoms with E-state index >= 15 is 0 Å². The van der Waals surface area contributed by atoms with E-state index in [1.807, 2.05) is 6.07 Å². The molecule has 0 radical (unpaired) electrons. The van der Waals surface area contributed by atoms with E-state index in [9.17, 15) is 9.18 Å². The van der Waals surface area contributed by atoms with Gasteiger partial charge in [0.1, 0.15) is 19.0 Å². The van der Waals surface area contributed by atoms with E-state index in [1.54, 1.807) is 12.1 Å². The minimum atomic E-state index is -0.300. The van der Waals surface area contributed by atoms with Gasteiger partial charge in [0, 0.05) is 16.5 Å². The van der Waals surface area contributed by atoms with E-state index in [1.165, 1.54) is 38.0 Å². The topological polar surface area (TPSA) is 52.5 Å². The first-order chi connectivity index (χ1) is 14.7. The molecule has 0 saturated heterocycles. The first-order valence-electron chi connectivity index (χ1n) is 10.6. The number of anilines is 1. The molecule has 1 N–H and O–H groups in total. The van der Waals surface area contributed by atoms with Crippen molar-refractivity contribution in [3.8, 4) is 11.3 Å². The summed E-state index contributed by atoms with van der Waals surface area (Å²) < 4.78 is 16.4. The number of hydrogen-bond donors (Lipinski definition) is 1. The summed E-state index contributed by atoms with van der Waals surface area (Å²) in [4.78, 5) is 22.6. The number of halogens is 1. The van der Waals surface area contributed by atoms with Crippen LogP contribution in [-0.2, 0) is 27.7 Å². The van der Waals surface area contributed by atoms with Crippen LogP contribution < -0.4 is 5.32 Å². The maximum absolute atomic E-state index is 14.3. The summed E-state index contributed by atoms with van der Waals surface area (Å²) in [6.07, 6.45) is 5.89. The van der Waals surface area contributed by atoms with E-state index < -0.39 is 0 Å². The number of nitrogens with one attached hydrogen (secondary N) is 1. The number of hydrogen-bond acceptors (Lipinski definition) is 3. The fourth-order valence-corrected chi connectivity index (χ4v) is 5.05. The van der Waals surface area contributed by atoms with Gasteiger partial charge in [0.2, 0.25) is 5.91 Å². The van der Waals surface area contributed by atoms with Gasteiger partial charge < -0.3 is 9.88 Å². The highest BCUT2D eigenvalue weighted by atomic mass is 19.1. The lowest BCUT2D eigenvalue weighted by Crippen LogP contribution is -2.16. The van der Waals surface area contributed by atoms with Gasteiger partial charge in [-0.2, -0.15) is 0 Å². The van der Waals surface area contributed by atoms with Gasteiger partial charge in [-0.25, -0.2) is 14.2 Å². The van der Waals surface area contributed by atoms with Gasteiger partial charge in [0.15, 0.2) is 0 Å². The number of amides is 1. The second-order valence-electron chi connectivity index (χ2n) is 8.20. The molecule has 30 heavy (non-hydrogen) atoms. The summed E-state index contributed by atoms with van der Waals surface area (Å²) in [5.74, 6) is 0.000578. The van der Waals surface area contributed by atoms with Crippen LogP contribution in [0.2, 0.25) is 0 Å². The van der Waals surface area contributed by atoms with Crippen molar-refractivity contribution in [1.29, 1.82) is 0 Å². The molecule has 2 heterocycles. The van der Waals surface area contributed by atoms with Crippen LogP contribution in [0.4, 0.5) is 10.1 Å². The lowest BCUT2D eigenvalue weighted by Gasteiger charge is -2.23. The molecule has 1 aliphatic heterocycles. The number of benzene rings is 2. The Morgan fingerprint density at radius 1 is 1.13 bits per heavy atom. The van der Waals surface area contributed by atoms with Gasteiger partial charge in [-0.3, -0.25) is 4.79 Å². The van der Waals surface area contributed by atoms with E-state index in [0.29, 0.717) is 18.2 Å². The normalized spacial score (nSPS) is 16.8. The molecule has 1 amide bonds. The Morgan fingerprint density at radius 3 is 2.77 bits per heavy atom. The zero-order chi connectivity index (χ0) is 20.7. The maximum atomic E-state index is 14.3. The Kier molecular flexibility index (Phi) is 5.05. The molecule has 0 unspecified atom stereocenters. The van der Waals surface area contributed by atoms with Crippen LogP contribution in [0.15, 0.2) is 36.4 Å². The smallest absolute Gasteiger partial charge is 0.244 e. The highest BCUT2D eigenvalue weighted by Crippen LogP contribution is 2.46. The van der Waals surface area contributed by atoms with Crippen LogP contribution >= 0.6 is 0 Å². The van der Waals surface area contributed by atoms with Gasteiger partial charge in [0.05, 0.1) is 18.5 Å². The molecule has 3 aromatic rings. The average molecular weight is 408 g/mol. The molecule has 1 aliphatic carbocycles. The fourth-order valence-electron chi connectivity index (χ4n) is 5.05. The standard InChI is InChI=1S/C24H25FN2O3/c1-29-30-14-15-7-9-18-21(11-15)27-13-22(28)26-20-10-8-17(25)12-19(20)24(27)23(18)16-5-3-2-4-6-16/h7-12,16H,2-6,13-14H2,1H3,(H,26,28). The van der Waals surface area contributed by atoms with Crippen LogP contribution in [0.3, 0.4) is 0 Å². The summed E-state index contributed by atoms with van der Waals surface area (Å²) in [7, 11) is 1.48. The van der Waals surface area contributed by atoms with Crippen LogP contribution in [0, 0.1) is 5.82 Å². The molecule has 5 rings (SSSR count). The number of fused-ring (bicyclic) bond motifs is 5. The van der Waals surface area contributed by atoms with Crippen LogP contribution in [0.1, 0.15) is 49.1 Å². The minimum absolute atomic E-state index is 0.104. The van der Waals surface area contributed by atoms with E-state index in [4.69, 9.17) is 9.78 Å². The Hall–Kier alpha value is -2.70. The lowest BCUT2D eigenvalue weighted by molar-refractivity contribution is -0.282. The summed E-state index contributed by atoms with van der Waals surface area (Å²) >= 11 is 0. The summed E-state index contributed by atoms with van der Waals surface area (Å²) in [5.41, 5.74) is 5.58. The number of carbonyl (C=O) groups excluding carboxylic acids is 1. The summed E-state index contributed by atoms with van der Waals surface area (Å²) in [6.45, 7) is 0.520. The Balaban J connectivity index is 1.80. The van der Waals surface area contributed by atoms with Crippen molar-refractivity contribution >= 4 is 22.5 Å². The number of carbonyl (C=O) groups is 1. The lowest BCUT2D eigenvalue weighted by atomic mass is 9.81. The first kappa shape index (κ1) is 19.3. The van der Waals surface area contributed by atoms with E-state index in [0.717, 1.165) is 40.6 Å². The highest BCUT2D eigenvalue weighted by molar-refractivity contribution is 6.03. The van der Waals surface area contributed by atoms with Crippen LogP contribution in [0.5, 0.6) is 0 Å². The molecule has 5 nitrogen and oxygen atoms in total. The van der Waals surface area contributed by atoms with Crippen molar-refractivity contribution in [3.63, 3.8) is 0 Å². The molecule has 2 aliphatic rings. The molecule has 1 fully saturated rings. The minimum Gasteiger partial charge on any atom is -0.331 e. The fraction of sp³-hybridized carbons (Fsp3) is 0.375. The Bertz CT molecular complexity index is 1120. The van der Waals surface area contributed by atoms with Crippen molar-refractivity contribution in [2.24, 2.45) is 0 Å². The van der Waals surface area contributed by atoms with Crippen molar-refractivity contribution in [2.75, 3.05) is 12.4 Å². The summed E-state index contributed by atoms with van der Waals surface area (Å²) in [5, 5.41) is 4.10. The SMILES string of the molecule is COOCc1ccc2c(C3CCCCC3)c3n(c2c1)CC(=O)Nc1ccc(F)cc1-3. The molecule has 0 bridgehead atoms. The second kappa shape index (κ2) is 7.85. The third kappa shape index (κ3) is 3.30. The van der Waals surface area contributed by atoms with E-state index in [-0.39, 0.29) is 18.3 Å². The monoisotopic (exact) mass is 408 g/mol. The molecule has 1 saturated carbocycles. The Labute approximate surface area is 174 Å². The van der Waals surface area contributed by atoms with Crippen LogP contribution in [0.25, 0.3) is 22.2 Å². The molecule has 0 spiro atoms. The van der Waals surface area contributed by atoms with Crippen molar-refractivity contribution < 1.29 is 19.0 Å². The summed E-state index contributed by atoms with van der Waals surface area (Å²) in [6, 6.07) is 10.8. The van der Waals surface area contributed by atoms with Crippen molar-refractivity contribution in [3.05, 3.63) is 53.3 Å². The van der Waals surface area contributed by atoms with Crippen molar-refractivity contribution in [1.82, 2.24) is 4.57 Å². The van der Waals surface area contributed by atoms with Gasteiger partial charge in [0.25, 0.3) is 0 Å². The van der Waals surface area contributed by atoms with Gasteiger partial charge in [-0.05, 0) is 54.2 Å². The third-order valence-corrected chi connectivity index (χ3v) is 6.34. The largest absolute Gasteiger partial charge is 0.331 e. The predicted molar refractivity (Wildman–Crippen MR) is 114 cm³/mol. The average Bonchev–Trinajstić information content (AvgIpc) is 2.99. The molecule has 2 aromatic carbocycles. The van der Waals surface area contributed by atoms with Gasteiger partial charge >= 0.3 is 0 Å². The molecular weight excluding hydrogens is 383 g/mol. The molecule has 6 heteroatoms. The number of rotatable bonds is 4. The predicted octanol–water partition coefficient (Wildman–Crippen LogP) is 5.53.